The van der Waals surface area contributed by atoms with E-state index in [1.165, 1.54) is 38.5 Å². The molecule has 1 aliphatic carbocycles. The highest BCUT2D eigenvalue weighted by Crippen LogP contribution is 2.29. The number of hydrogen-bond acceptors (Lipinski definition) is 3. The molecule has 0 bridgehead atoms. The van der Waals surface area contributed by atoms with Crippen LogP contribution in [0.4, 0.5) is 0 Å². The van der Waals surface area contributed by atoms with Gasteiger partial charge >= 0.3 is 11.9 Å². The number of esters is 1. The maximum Gasteiger partial charge on any atom is 0.320 e. The van der Waals surface area contributed by atoms with Crippen molar-refractivity contribution in [1.29, 1.82) is 0 Å². The van der Waals surface area contributed by atoms with Crippen molar-refractivity contribution in [1.82, 2.24) is 0 Å². The Hall–Kier alpha value is -1.06. The van der Waals surface area contributed by atoms with Crippen molar-refractivity contribution in [3.63, 3.8) is 0 Å². The first-order valence-electron chi connectivity index (χ1n) is 8.04. The van der Waals surface area contributed by atoms with Crippen molar-refractivity contribution in [3.05, 3.63) is 0 Å². The summed E-state index contributed by atoms with van der Waals surface area (Å²) in [6.07, 6.45) is 11.5. The zero-order valence-corrected chi connectivity index (χ0v) is 12.6. The van der Waals surface area contributed by atoms with Crippen LogP contribution in [0.5, 0.6) is 0 Å². The Labute approximate surface area is 121 Å². The second-order valence-corrected chi connectivity index (χ2v) is 5.78. The summed E-state index contributed by atoms with van der Waals surface area (Å²) in [5.41, 5.74) is 0. The van der Waals surface area contributed by atoms with Crippen molar-refractivity contribution in [3.8, 4) is 0 Å². The van der Waals surface area contributed by atoms with Gasteiger partial charge in [-0.15, -0.1) is 0 Å². The third kappa shape index (κ3) is 6.40. The number of aliphatic carboxylic acids is 1. The number of carbonyl (C=O) groups excluding carboxylic acids is 1. The first-order chi connectivity index (χ1) is 9.65. The molecule has 1 atom stereocenters. The SMILES string of the molecule is CCOC(=O)C(CCCCCCC1CCCC1)C(=O)O. The monoisotopic (exact) mass is 284 g/mol. The molecule has 20 heavy (non-hydrogen) atoms. The lowest BCUT2D eigenvalue weighted by molar-refractivity contribution is -0.158. The molecule has 4 nitrogen and oxygen atoms in total. The van der Waals surface area contributed by atoms with E-state index in [-0.39, 0.29) is 6.61 Å². The smallest absolute Gasteiger partial charge is 0.320 e. The highest BCUT2D eigenvalue weighted by molar-refractivity contribution is 5.93. The van der Waals surface area contributed by atoms with E-state index in [1.54, 1.807) is 6.92 Å². The standard InChI is InChI=1S/C16H28O4/c1-2-20-16(19)14(15(17)18)12-6-4-3-5-9-13-10-7-8-11-13/h13-14H,2-12H2,1H3,(H,17,18). The van der Waals surface area contributed by atoms with E-state index in [4.69, 9.17) is 9.84 Å². The van der Waals surface area contributed by atoms with Crippen LogP contribution >= 0.6 is 0 Å². The van der Waals surface area contributed by atoms with Crippen molar-refractivity contribution in [2.45, 2.75) is 71.1 Å². The lowest BCUT2D eigenvalue weighted by Crippen LogP contribution is -2.25. The Balaban J connectivity index is 2.07. The van der Waals surface area contributed by atoms with Gasteiger partial charge < -0.3 is 9.84 Å². The summed E-state index contributed by atoms with van der Waals surface area (Å²) in [6.45, 7) is 1.93. The van der Waals surface area contributed by atoms with E-state index in [0.717, 1.165) is 25.2 Å². The Kier molecular flexibility index (Phi) is 8.31. The van der Waals surface area contributed by atoms with Crippen LogP contribution in [0, 0.1) is 11.8 Å². The van der Waals surface area contributed by atoms with Gasteiger partial charge in [0.1, 0.15) is 0 Å². The summed E-state index contributed by atoms with van der Waals surface area (Å²) in [7, 11) is 0. The van der Waals surface area contributed by atoms with Gasteiger partial charge in [-0.05, 0) is 19.3 Å². The van der Waals surface area contributed by atoms with Gasteiger partial charge in [-0.3, -0.25) is 9.59 Å². The minimum absolute atomic E-state index is 0.240. The fourth-order valence-electron chi connectivity index (χ4n) is 3.02. The number of carboxylic acids is 1. The molecular formula is C16H28O4. The molecule has 1 saturated carbocycles. The van der Waals surface area contributed by atoms with Gasteiger partial charge in [-0.25, -0.2) is 0 Å². The topological polar surface area (TPSA) is 63.6 Å². The predicted molar refractivity (Wildman–Crippen MR) is 77.4 cm³/mol. The van der Waals surface area contributed by atoms with Gasteiger partial charge in [0.15, 0.2) is 5.92 Å². The van der Waals surface area contributed by atoms with Crippen LogP contribution in [0.1, 0.15) is 71.1 Å². The minimum Gasteiger partial charge on any atom is -0.481 e. The van der Waals surface area contributed by atoms with Crippen LogP contribution in [-0.2, 0) is 14.3 Å². The molecule has 0 spiro atoms. The molecular weight excluding hydrogens is 256 g/mol. The Morgan fingerprint density at radius 2 is 1.80 bits per heavy atom. The molecule has 116 valence electrons. The second-order valence-electron chi connectivity index (χ2n) is 5.78. The van der Waals surface area contributed by atoms with Crippen LogP contribution in [0.2, 0.25) is 0 Å². The summed E-state index contributed by atoms with van der Waals surface area (Å²) in [5.74, 6) is -1.70. The van der Waals surface area contributed by atoms with Gasteiger partial charge in [-0.2, -0.15) is 0 Å². The average molecular weight is 284 g/mol. The van der Waals surface area contributed by atoms with E-state index in [0.29, 0.717) is 6.42 Å². The van der Waals surface area contributed by atoms with Gasteiger partial charge in [0.05, 0.1) is 6.61 Å². The fraction of sp³-hybridized carbons (Fsp3) is 0.875. The Morgan fingerprint density at radius 3 is 2.40 bits per heavy atom. The molecule has 0 saturated heterocycles. The second kappa shape index (κ2) is 9.78. The van der Waals surface area contributed by atoms with Crippen LogP contribution in [-0.4, -0.2) is 23.7 Å². The maximum absolute atomic E-state index is 11.5. The largest absolute Gasteiger partial charge is 0.481 e. The molecule has 0 radical (unpaired) electrons. The van der Waals surface area contributed by atoms with Crippen molar-refractivity contribution in [2.75, 3.05) is 6.61 Å². The number of hydrogen-bond donors (Lipinski definition) is 1. The summed E-state index contributed by atoms with van der Waals surface area (Å²) < 4.78 is 4.79. The summed E-state index contributed by atoms with van der Waals surface area (Å²) >= 11 is 0. The van der Waals surface area contributed by atoms with Gasteiger partial charge in [0.2, 0.25) is 0 Å². The van der Waals surface area contributed by atoms with Crippen molar-refractivity contribution in [2.24, 2.45) is 11.8 Å². The lowest BCUT2D eigenvalue weighted by Gasteiger charge is -2.11. The number of rotatable bonds is 10. The Morgan fingerprint density at radius 1 is 1.15 bits per heavy atom. The van der Waals surface area contributed by atoms with Crippen LogP contribution < -0.4 is 0 Å². The summed E-state index contributed by atoms with van der Waals surface area (Å²) in [6, 6.07) is 0. The quantitative estimate of drug-likeness (QED) is 0.377. The first kappa shape index (κ1) is 17.0. The van der Waals surface area contributed by atoms with Gasteiger partial charge in [-0.1, -0.05) is 57.8 Å². The van der Waals surface area contributed by atoms with E-state index in [2.05, 4.69) is 0 Å². The normalized spacial score (nSPS) is 17.1. The lowest BCUT2D eigenvalue weighted by atomic mass is 9.97. The Bertz CT molecular complexity index is 295. The highest BCUT2D eigenvalue weighted by atomic mass is 16.5. The van der Waals surface area contributed by atoms with Crippen LogP contribution in [0.15, 0.2) is 0 Å². The van der Waals surface area contributed by atoms with E-state index in [9.17, 15) is 9.59 Å². The molecule has 0 amide bonds. The zero-order valence-electron chi connectivity index (χ0n) is 12.6. The summed E-state index contributed by atoms with van der Waals surface area (Å²) in [5, 5.41) is 9.02. The molecule has 1 fully saturated rings. The molecule has 1 aliphatic rings. The van der Waals surface area contributed by atoms with Crippen molar-refractivity contribution >= 4 is 11.9 Å². The number of unbranched alkanes of at least 4 members (excludes halogenated alkanes) is 3. The number of carboxylic acid groups (broad SMARTS) is 1. The molecule has 1 unspecified atom stereocenters. The van der Waals surface area contributed by atoms with Gasteiger partial charge in [0, 0.05) is 0 Å². The summed E-state index contributed by atoms with van der Waals surface area (Å²) in [4.78, 5) is 22.5. The maximum atomic E-state index is 11.5. The third-order valence-corrected chi connectivity index (χ3v) is 4.20. The zero-order chi connectivity index (χ0) is 14.8. The molecule has 0 aromatic carbocycles. The van der Waals surface area contributed by atoms with Crippen LogP contribution in [0.3, 0.4) is 0 Å². The highest BCUT2D eigenvalue weighted by Gasteiger charge is 2.26. The first-order valence-corrected chi connectivity index (χ1v) is 8.04. The molecule has 0 aromatic rings. The molecule has 1 rings (SSSR count). The third-order valence-electron chi connectivity index (χ3n) is 4.20. The number of ether oxygens (including phenoxy) is 1. The van der Waals surface area contributed by atoms with Gasteiger partial charge in [0.25, 0.3) is 0 Å². The molecule has 0 aromatic heterocycles. The predicted octanol–water partition coefficient (Wildman–Crippen LogP) is 3.78. The van der Waals surface area contributed by atoms with E-state index < -0.39 is 17.9 Å². The molecule has 0 heterocycles. The minimum atomic E-state index is -1.06. The fourth-order valence-corrected chi connectivity index (χ4v) is 3.02. The molecule has 1 N–H and O–H groups in total. The number of carbonyl (C=O) groups is 2. The molecule has 4 heteroatoms. The molecule has 0 aliphatic heterocycles. The average Bonchev–Trinajstić information content (AvgIpc) is 2.90. The van der Waals surface area contributed by atoms with Crippen molar-refractivity contribution < 1.29 is 19.4 Å². The van der Waals surface area contributed by atoms with E-state index >= 15 is 0 Å². The van der Waals surface area contributed by atoms with E-state index in [1.807, 2.05) is 0 Å². The van der Waals surface area contributed by atoms with Crippen LogP contribution in [0.25, 0.3) is 0 Å².